The summed E-state index contributed by atoms with van der Waals surface area (Å²) < 4.78 is 73.3. The topological polar surface area (TPSA) is 72.1 Å². The van der Waals surface area contributed by atoms with Gasteiger partial charge in [-0.2, -0.15) is 28.2 Å². The van der Waals surface area contributed by atoms with Crippen LogP contribution >= 0.6 is 0 Å². The molecule has 1 aliphatic rings. The Kier molecular flexibility index (Phi) is 7.09. The van der Waals surface area contributed by atoms with E-state index in [1.165, 1.54) is 52.2 Å². The van der Waals surface area contributed by atoms with Gasteiger partial charge in [0.1, 0.15) is 16.8 Å². The molecule has 0 bridgehead atoms. The summed E-state index contributed by atoms with van der Waals surface area (Å²) in [5.41, 5.74) is 0.0377. The molecule has 13 heteroatoms. The fraction of sp³-hybridized carbons (Fsp3) is 0.400. The van der Waals surface area contributed by atoms with Crippen LogP contribution in [0.4, 0.5) is 17.6 Å². The smallest absolute Gasteiger partial charge is 0.293 e. The van der Waals surface area contributed by atoms with Gasteiger partial charge in [-0.25, -0.2) is 17.6 Å². The van der Waals surface area contributed by atoms with Crippen LogP contribution in [0, 0.1) is 11.7 Å². The molecule has 8 nitrogen and oxygen atoms in total. The Morgan fingerprint density at radius 2 is 1.82 bits per heavy atom. The monoisotopic (exact) mass is 549 g/mol. The first-order valence-electron chi connectivity index (χ1n) is 12.1. The first-order valence-corrected chi connectivity index (χ1v) is 13.2. The second kappa shape index (κ2) is 10.2. The van der Waals surface area contributed by atoms with Crippen molar-refractivity contribution < 1.29 is 21.8 Å². The summed E-state index contributed by atoms with van der Waals surface area (Å²) in [5, 5.41) is 13.2. The Morgan fingerprint density at radius 1 is 1.08 bits per heavy atom. The van der Waals surface area contributed by atoms with E-state index in [0.717, 1.165) is 6.07 Å². The largest absolute Gasteiger partial charge is 0.416 e. The van der Waals surface area contributed by atoms with Crippen LogP contribution in [0.2, 0.25) is 0 Å². The van der Waals surface area contributed by atoms with Gasteiger partial charge >= 0.3 is 6.18 Å². The molecule has 0 aliphatic carbocycles. The molecule has 2 atom stereocenters. The van der Waals surface area contributed by atoms with Gasteiger partial charge < -0.3 is 0 Å². The number of rotatable bonds is 6. The van der Waals surface area contributed by atoms with E-state index in [2.05, 4.69) is 15.3 Å². The van der Waals surface area contributed by atoms with Crippen molar-refractivity contribution in [3.63, 3.8) is 0 Å². The zero-order chi connectivity index (χ0) is 27.2. The maximum absolute atomic E-state index is 14.5. The van der Waals surface area contributed by atoms with Gasteiger partial charge in [0.25, 0.3) is 0 Å². The van der Waals surface area contributed by atoms with Crippen LogP contribution in [0.15, 0.2) is 53.8 Å². The lowest BCUT2D eigenvalue weighted by Crippen LogP contribution is -2.50. The second-order valence-electron chi connectivity index (χ2n) is 9.74. The Labute approximate surface area is 219 Å². The quantitative estimate of drug-likeness (QED) is 0.335. The molecule has 0 saturated carbocycles. The van der Waals surface area contributed by atoms with E-state index >= 15 is 0 Å². The van der Waals surface area contributed by atoms with E-state index in [0.29, 0.717) is 30.7 Å². The van der Waals surface area contributed by atoms with Crippen LogP contribution in [0.25, 0.3) is 16.6 Å². The van der Waals surface area contributed by atoms with Gasteiger partial charge in [0.2, 0.25) is 0 Å². The molecule has 1 saturated heterocycles. The van der Waals surface area contributed by atoms with Gasteiger partial charge in [0.05, 0.1) is 29.2 Å². The zero-order valence-corrected chi connectivity index (χ0v) is 21.9. The predicted octanol–water partition coefficient (Wildman–Crippen LogP) is 4.35. The number of aryl methyl sites for hydroxylation is 1. The molecule has 0 amide bonds. The Bertz CT molecular complexity index is 1460. The molecule has 0 N–H and O–H groups in total. The molecular formula is C25H27F4N7OS. The third-order valence-corrected chi connectivity index (χ3v) is 7.87. The summed E-state index contributed by atoms with van der Waals surface area (Å²) in [6.07, 6.45) is -1.73. The van der Waals surface area contributed by atoms with Gasteiger partial charge in [-0.05, 0) is 47.9 Å². The number of piperazine rings is 1. The minimum atomic E-state index is -4.64. The highest BCUT2D eigenvalue weighted by atomic mass is 32.2. The minimum absolute atomic E-state index is 0.102. The zero-order valence-electron chi connectivity index (χ0n) is 21.1. The van der Waals surface area contributed by atoms with E-state index < -0.39 is 34.6 Å². The van der Waals surface area contributed by atoms with E-state index in [1.807, 2.05) is 18.7 Å². The molecule has 5 rings (SSSR count). The first-order chi connectivity index (χ1) is 18.0. The highest BCUT2D eigenvalue weighted by Gasteiger charge is 2.40. The van der Waals surface area contributed by atoms with Crippen LogP contribution in [0.5, 0.6) is 0 Å². The summed E-state index contributed by atoms with van der Waals surface area (Å²) in [4.78, 5) is 3.32. The molecule has 38 heavy (non-hydrogen) atoms. The number of hydrogen-bond acceptors (Lipinski definition) is 5. The molecule has 2 aromatic heterocycles. The molecule has 2 aromatic carbocycles. The molecule has 4 aromatic rings. The molecule has 202 valence electrons. The van der Waals surface area contributed by atoms with Crippen LogP contribution in [-0.2, 0) is 24.2 Å². The van der Waals surface area contributed by atoms with E-state index in [-0.39, 0.29) is 28.6 Å². The third kappa shape index (κ3) is 5.22. The van der Waals surface area contributed by atoms with Crippen molar-refractivity contribution in [2.75, 3.05) is 26.2 Å². The summed E-state index contributed by atoms with van der Waals surface area (Å²) >= 11 is 0. The lowest BCUT2D eigenvalue weighted by atomic mass is 9.94. The van der Waals surface area contributed by atoms with Crippen molar-refractivity contribution in [2.24, 2.45) is 13.0 Å². The first kappa shape index (κ1) is 26.4. The van der Waals surface area contributed by atoms with Crippen LogP contribution in [0.3, 0.4) is 0 Å². The van der Waals surface area contributed by atoms with Gasteiger partial charge in [-0.3, -0.25) is 4.90 Å². The number of benzene rings is 2. The SMILES string of the molecule is CC(C)CN1CCN(S(=O)c2cnn(C)n2)CC1c1cc2cnn(-c3ccc(F)cc3)c2cc1C(F)(F)F. The van der Waals surface area contributed by atoms with Crippen molar-refractivity contribution in [3.05, 3.63) is 65.7 Å². The number of nitrogens with zero attached hydrogens (tertiary/aromatic N) is 7. The fourth-order valence-electron chi connectivity index (χ4n) is 4.87. The van der Waals surface area contributed by atoms with Crippen molar-refractivity contribution in [1.29, 1.82) is 0 Å². The van der Waals surface area contributed by atoms with Crippen LogP contribution < -0.4 is 0 Å². The average Bonchev–Trinajstić information content (AvgIpc) is 3.48. The maximum atomic E-state index is 14.5. The van der Waals surface area contributed by atoms with Crippen LogP contribution in [-0.4, -0.2) is 64.4 Å². The van der Waals surface area contributed by atoms with Gasteiger partial charge in [0, 0.05) is 44.7 Å². The molecule has 1 aliphatic heterocycles. The van der Waals surface area contributed by atoms with Crippen molar-refractivity contribution in [1.82, 2.24) is 34.0 Å². The number of alkyl halides is 3. The highest BCUT2D eigenvalue weighted by molar-refractivity contribution is 7.82. The average molecular weight is 550 g/mol. The number of aromatic nitrogens is 5. The number of fused-ring (bicyclic) bond motifs is 1. The Balaban J connectivity index is 1.59. The maximum Gasteiger partial charge on any atom is 0.416 e. The lowest BCUT2D eigenvalue weighted by molar-refractivity contribution is -0.138. The summed E-state index contributed by atoms with van der Waals surface area (Å²) in [5.74, 6) is -0.233. The Hall–Kier alpha value is -3.16. The summed E-state index contributed by atoms with van der Waals surface area (Å²) in [6.45, 7) is 5.60. The molecule has 0 radical (unpaired) electrons. The highest BCUT2D eigenvalue weighted by Crippen LogP contribution is 2.40. The molecule has 3 heterocycles. The molecule has 0 spiro atoms. The van der Waals surface area contributed by atoms with Crippen molar-refractivity contribution >= 4 is 21.9 Å². The van der Waals surface area contributed by atoms with Crippen molar-refractivity contribution in [3.8, 4) is 5.69 Å². The van der Waals surface area contributed by atoms with Gasteiger partial charge in [-0.15, -0.1) is 5.10 Å². The summed E-state index contributed by atoms with van der Waals surface area (Å²) in [7, 11) is -0.0528. The lowest BCUT2D eigenvalue weighted by Gasteiger charge is -2.42. The van der Waals surface area contributed by atoms with Gasteiger partial charge in [0.15, 0.2) is 5.03 Å². The number of halogens is 4. The normalized spacial score (nSPS) is 18.5. The third-order valence-electron chi connectivity index (χ3n) is 6.52. The van der Waals surface area contributed by atoms with Crippen molar-refractivity contribution in [2.45, 2.75) is 31.1 Å². The fourth-order valence-corrected chi connectivity index (χ4v) is 5.98. The molecule has 2 unspecified atom stereocenters. The van der Waals surface area contributed by atoms with E-state index in [9.17, 15) is 21.8 Å². The van der Waals surface area contributed by atoms with E-state index in [4.69, 9.17) is 0 Å². The minimum Gasteiger partial charge on any atom is -0.293 e. The Morgan fingerprint density at radius 3 is 2.45 bits per heavy atom. The summed E-state index contributed by atoms with van der Waals surface area (Å²) in [6, 6.07) is 7.37. The number of hydrogen-bond donors (Lipinski definition) is 0. The second-order valence-corrected chi connectivity index (χ2v) is 11.2. The predicted molar refractivity (Wildman–Crippen MR) is 134 cm³/mol. The molecule has 1 fully saturated rings. The molecular weight excluding hydrogens is 522 g/mol. The van der Waals surface area contributed by atoms with Crippen LogP contribution in [0.1, 0.15) is 31.0 Å². The standard InChI is InChI=1S/C25H27F4N7OS/c1-16(2)14-34-8-9-35(38(37)24-13-30-33(3)32-24)15-23(34)20-10-17-12-31-36(19-6-4-18(26)5-7-19)22(17)11-21(20)25(27,28)29/h4-7,10-13,16,23H,8-9,14-15H2,1-3H3. The van der Waals surface area contributed by atoms with E-state index in [1.54, 1.807) is 11.4 Å². The van der Waals surface area contributed by atoms with Gasteiger partial charge in [-0.1, -0.05) is 13.8 Å².